The number of piperidine rings is 1. The molecule has 1 fully saturated rings. The SMILES string of the molecule is CC(F)(F)CCC(=O)N1CCC(c2ccccc2C(F)(F)F)CC1. The van der Waals surface area contributed by atoms with Crippen molar-refractivity contribution in [1.29, 1.82) is 0 Å². The summed E-state index contributed by atoms with van der Waals surface area (Å²) < 4.78 is 64.9. The summed E-state index contributed by atoms with van der Waals surface area (Å²) in [7, 11) is 0. The van der Waals surface area contributed by atoms with Crippen molar-refractivity contribution in [3.63, 3.8) is 0 Å². The molecule has 7 heteroatoms. The van der Waals surface area contributed by atoms with Gasteiger partial charge in [0.15, 0.2) is 0 Å². The van der Waals surface area contributed by atoms with Gasteiger partial charge in [-0.3, -0.25) is 4.79 Å². The monoisotopic (exact) mass is 349 g/mol. The minimum atomic E-state index is -4.41. The van der Waals surface area contributed by atoms with E-state index < -0.39 is 24.1 Å². The second-order valence-corrected chi connectivity index (χ2v) is 6.31. The van der Waals surface area contributed by atoms with Gasteiger partial charge in [0.2, 0.25) is 11.8 Å². The highest BCUT2D eigenvalue weighted by molar-refractivity contribution is 5.76. The molecule has 0 radical (unpaired) electrons. The maximum atomic E-state index is 13.1. The highest BCUT2D eigenvalue weighted by atomic mass is 19.4. The number of alkyl halides is 5. The molecule has 134 valence electrons. The average molecular weight is 349 g/mol. The van der Waals surface area contributed by atoms with Crippen LogP contribution in [0.15, 0.2) is 24.3 Å². The van der Waals surface area contributed by atoms with Gasteiger partial charge >= 0.3 is 6.18 Å². The third-order valence-corrected chi connectivity index (χ3v) is 4.33. The van der Waals surface area contributed by atoms with Gasteiger partial charge in [0, 0.05) is 25.9 Å². The van der Waals surface area contributed by atoms with Gasteiger partial charge < -0.3 is 4.90 Å². The van der Waals surface area contributed by atoms with E-state index >= 15 is 0 Å². The molecule has 1 saturated heterocycles. The van der Waals surface area contributed by atoms with E-state index in [0.717, 1.165) is 13.0 Å². The minimum Gasteiger partial charge on any atom is -0.343 e. The molecule has 0 atom stereocenters. The number of nitrogens with zero attached hydrogens (tertiary/aromatic N) is 1. The third-order valence-electron chi connectivity index (χ3n) is 4.33. The van der Waals surface area contributed by atoms with E-state index in [4.69, 9.17) is 0 Å². The summed E-state index contributed by atoms with van der Waals surface area (Å²) in [4.78, 5) is 13.4. The Morgan fingerprint density at radius 3 is 2.25 bits per heavy atom. The molecule has 0 saturated carbocycles. The largest absolute Gasteiger partial charge is 0.416 e. The summed E-state index contributed by atoms with van der Waals surface area (Å²) in [6.45, 7) is 1.36. The van der Waals surface area contributed by atoms with Gasteiger partial charge in [-0.2, -0.15) is 13.2 Å². The van der Waals surface area contributed by atoms with Gasteiger partial charge in [-0.25, -0.2) is 8.78 Å². The van der Waals surface area contributed by atoms with E-state index in [9.17, 15) is 26.7 Å². The number of amides is 1. The lowest BCUT2D eigenvalue weighted by molar-refractivity contribution is -0.139. The summed E-state index contributed by atoms with van der Waals surface area (Å²) >= 11 is 0. The Bertz CT molecular complexity index is 571. The van der Waals surface area contributed by atoms with Gasteiger partial charge in [-0.15, -0.1) is 0 Å². The third kappa shape index (κ3) is 4.92. The molecule has 0 aromatic heterocycles. The van der Waals surface area contributed by atoms with Gasteiger partial charge in [-0.05, 0) is 37.3 Å². The number of hydrogen-bond donors (Lipinski definition) is 0. The molecule has 2 nitrogen and oxygen atoms in total. The van der Waals surface area contributed by atoms with E-state index in [2.05, 4.69) is 0 Å². The summed E-state index contributed by atoms with van der Waals surface area (Å²) in [6.07, 6.45) is -4.35. The topological polar surface area (TPSA) is 20.3 Å². The van der Waals surface area contributed by atoms with Crippen LogP contribution >= 0.6 is 0 Å². The molecule has 1 aliphatic heterocycles. The Morgan fingerprint density at radius 2 is 1.71 bits per heavy atom. The van der Waals surface area contributed by atoms with Crippen LogP contribution in [0.1, 0.15) is 49.7 Å². The number of carbonyl (C=O) groups is 1. The Morgan fingerprint density at radius 1 is 1.12 bits per heavy atom. The van der Waals surface area contributed by atoms with E-state index in [-0.39, 0.29) is 23.8 Å². The second-order valence-electron chi connectivity index (χ2n) is 6.31. The van der Waals surface area contributed by atoms with Crippen LogP contribution in [0.25, 0.3) is 0 Å². The van der Waals surface area contributed by atoms with Crippen molar-refractivity contribution >= 4 is 5.91 Å². The van der Waals surface area contributed by atoms with Crippen molar-refractivity contribution in [1.82, 2.24) is 4.90 Å². The Kier molecular flexibility index (Phi) is 5.50. The van der Waals surface area contributed by atoms with Crippen LogP contribution in [0.4, 0.5) is 22.0 Å². The highest BCUT2D eigenvalue weighted by Gasteiger charge is 2.36. The lowest BCUT2D eigenvalue weighted by atomic mass is 9.86. The predicted molar refractivity (Wildman–Crippen MR) is 79.9 cm³/mol. The molecule has 0 N–H and O–H groups in total. The number of hydrogen-bond acceptors (Lipinski definition) is 1. The van der Waals surface area contributed by atoms with Crippen LogP contribution in [-0.4, -0.2) is 29.8 Å². The molecule has 1 heterocycles. The van der Waals surface area contributed by atoms with Crippen LogP contribution in [0.2, 0.25) is 0 Å². The fourth-order valence-electron chi connectivity index (χ4n) is 3.04. The zero-order chi connectivity index (χ0) is 18.0. The minimum absolute atomic E-state index is 0.243. The molecule has 0 bridgehead atoms. The van der Waals surface area contributed by atoms with Crippen molar-refractivity contribution in [2.75, 3.05) is 13.1 Å². The first-order valence-electron chi connectivity index (χ1n) is 7.89. The highest BCUT2D eigenvalue weighted by Crippen LogP contribution is 2.38. The van der Waals surface area contributed by atoms with E-state index in [1.165, 1.54) is 17.0 Å². The zero-order valence-electron chi connectivity index (χ0n) is 13.4. The van der Waals surface area contributed by atoms with Gasteiger partial charge in [-0.1, -0.05) is 18.2 Å². The fraction of sp³-hybridized carbons (Fsp3) is 0.588. The first kappa shape index (κ1) is 18.7. The summed E-state index contributed by atoms with van der Waals surface area (Å²) in [5.41, 5.74) is -0.391. The average Bonchev–Trinajstić information content (AvgIpc) is 2.51. The first-order valence-corrected chi connectivity index (χ1v) is 7.89. The number of halogens is 5. The van der Waals surface area contributed by atoms with Crippen LogP contribution in [0, 0.1) is 0 Å². The van der Waals surface area contributed by atoms with Crippen LogP contribution in [0.3, 0.4) is 0 Å². The smallest absolute Gasteiger partial charge is 0.343 e. The van der Waals surface area contributed by atoms with E-state index in [1.807, 2.05) is 0 Å². The fourth-order valence-corrected chi connectivity index (χ4v) is 3.04. The van der Waals surface area contributed by atoms with Crippen LogP contribution in [-0.2, 0) is 11.0 Å². The zero-order valence-corrected chi connectivity index (χ0v) is 13.4. The van der Waals surface area contributed by atoms with E-state index in [0.29, 0.717) is 25.9 Å². The van der Waals surface area contributed by atoms with Crippen molar-refractivity contribution in [3.05, 3.63) is 35.4 Å². The molecular formula is C17H20F5NO. The molecular weight excluding hydrogens is 329 g/mol. The normalized spacial score (nSPS) is 17.2. The summed E-state index contributed by atoms with van der Waals surface area (Å²) in [5.74, 6) is -3.53. The molecule has 0 aliphatic carbocycles. The summed E-state index contributed by atoms with van der Waals surface area (Å²) in [6, 6.07) is 5.47. The number of rotatable bonds is 4. The molecule has 1 aliphatic rings. The van der Waals surface area contributed by atoms with Crippen molar-refractivity contribution < 1.29 is 26.7 Å². The predicted octanol–water partition coefficient (Wildman–Crippen LogP) is 4.85. The van der Waals surface area contributed by atoms with Crippen molar-refractivity contribution in [2.24, 2.45) is 0 Å². The van der Waals surface area contributed by atoms with Crippen LogP contribution in [0.5, 0.6) is 0 Å². The lowest BCUT2D eigenvalue weighted by Gasteiger charge is -2.33. The Labute approximate surface area is 137 Å². The standard InChI is InChI=1S/C17H20F5NO/c1-16(18,19)9-6-15(24)23-10-7-12(8-11-23)13-4-2-3-5-14(13)17(20,21)22/h2-5,12H,6-11H2,1H3. The molecule has 24 heavy (non-hydrogen) atoms. The number of benzene rings is 1. The second kappa shape index (κ2) is 7.07. The van der Waals surface area contributed by atoms with Gasteiger partial charge in [0.25, 0.3) is 0 Å². The van der Waals surface area contributed by atoms with Gasteiger partial charge in [0.05, 0.1) is 5.56 Å². The van der Waals surface area contributed by atoms with Crippen LogP contribution < -0.4 is 0 Å². The lowest BCUT2D eigenvalue weighted by Crippen LogP contribution is -2.38. The molecule has 0 spiro atoms. The maximum Gasteiger partial charge on any atom is 0.416 e. The van der Waals surface area contributed by atoms with Crippen molar-refractivity contribution in [3.8, 4) is 0 Å². The molecule has 1 aromatic carbocycles. The van der Waals surface area contributed by atoms with E-state index in [1.54, 1.807) is 6.07 Å². The Hall–Kier alpha value is -1.66. The molecule has 2 rings (SSSR count). The number of carbonyl (C=O) groups excluding carboxylic acids is 1. The number of likely N-dealkylation sites (tertiary alicyclic amines) is 1. The molecule has 1 aromatic rings. The van der Waals surface area contributed by atoms with Gasteiger partial charge in [0.1, 0.15) is 0 Å². The maximum absolute atomic E-state index is 13.1. The Balaban J connectivity index is 1.98. The van der Waals surface area contributed by atoms with Crippen molar-refractivity contribution in [2.45, 2.75) is 50.6 Å². The quantitative estimate of drug-likeness (QED) is 0.712. The molecule has 0 unspecified atom stereocenters. The first-order chi connectivity index (χ1) is 11.1. The molecule has 1 amide bonds. The summed E-state index contributed by atoms with van der Waals surface area (Å²) in [5, 5.41) is 0.